The van der Waals surface area contributed by atoms with Gasteiger partial charge in [-0.3, -0.25) is 9.59 Å². The molecule has 0 rings (SSSR count). The summed E-state index contributed by atoms with van der Waals surface area (Å²) in [5.74, 6) is -1.11. The van der Waals surface area contributed by atoms with Crippen LogP contribution in [0.15, 0.2) is 0 Å². The van der Waals surface area contributed by atoms with E-state index in [2.05, 4.69) is 21.2 Å². The van der Waals surface area contributed by atoms with Crippen LogP contribution in [-0.4, -0.2) is 34.4 Å². The number of carbonyl (C=O) groups excluding carboxylic acids is 2. The van der Waals surface area contributed by atoms with E-state index in [1.807, 2.05) is 6.92 Å². The summed E-state index contributed by atoms with van der Waals surface area (Å²) >= 11 is 3.12. The summed E-state index contributed by atoms with van der Waals surface area (Å²) < 4.78 is 0. The molecule has 0 aromatic heterocycles. The quantitative estimate of drug-likeness (QED) is 0.555. The van der Waals surface area contributed by atoms with E-state index >= 15 is 0 Å². The van der Waals surface area contributed by atoms with Crippen molar-refractivity contribution in [3.8, 4) is 0 Å². The lowest BCUT2D eigenvalue weighted by molar-refractivity contribution is -0.126. The average molecular weight is 253 g/mol. The van der Waals surface area contributed by atoms with Crippen molar-refractivity contribution in [2.75, 3.05) is 6.54 Å². The lowest BCUT2D eigenvalue weighted by Gasteiger charge is -2.10. The van der Waals surface area contributed by atoms with Gasteiger partial charge in [0.25, 0.3) is 0 Å². The van der Waals surface area contributed by atoms with Gasteiger partial charge in [0.15, 0.2) is 0 Å². The molecule has 0 fully saturated rings. The number of aliphatic hydroxyl groups is 1. The fourth-order valence-electron chi connectivity index (χ4n) is 0.594. The Morgan fingerprint density at radius 2 is 2.15 bits per heavy atom. The van der Waals surface area contributed by atoms with E-state index in [1.54, 1.807) is 0 Å². The van der Waals surface area contributed by atoms with Gasteiger partial charge in [0, 0.05) is 0 Å². The molecule has 6 heteroatoms. The minimum atomic E-state index is -1.32. The second-order valence-corrected chi connectivity index (χ2v) is 3.64. The Balaban J connectivity index is 3.76. The average Bonchev–Trinajstić information content (AvgIpc) is 2.11. The third-order valence-corrected chi connectivity index (χ3v) is 2.50. The second kappa shape index (κ2) is 5.93. The highest BCUT2D eigenvalue weighted by molar-refractivity contribution is 9.10. The van der Waals surface area contributed by atoms with Crippen LogP contribution in [0, 0.1) is 0 Å². The highest BCUT2D eigenvalue weighted by atomic mass is 79.9. The molecule has 0 aliphatic heterocycles. The van der Waals surface area contributed by atoms with Crippen LogP contribution in [0.3, 0.4) is 0 Å². The lowest BCUT2D eigenvalue weighted by Crippen LogP contribution is -2.42. The smallest absolute Gasteiger partial charge is 0.248 e. The molecular weight excluding hydrogens is 240 g/mol. The van der Waals surface area contributed by atoms with Crippen molar-refractivity contribution >= 4 is 27.7 Å². The molecule has 13 heavy (non-hydrogen) atoms. The minimum Gasteiger partial charge on any atom is -0.381 e. The van der Waals surface area contributed by atoms with Crippen LogP contribution in [0.1, 0.15) is 13.3 Å². The minimum absolute atomic E-state index is 0.143. The summed E-state index contributed by atoms with van der Waals surface area (Å²) in [6.45, 7) is 1.69. The number of alkyl halides is 1. The van der Waals surface area contributed by atoms with Crippen molar-refractivity contribution in [3.63, 3.8) is 0 Å². The van der Waals surface area contributed by atoms with Gasteiger partial charge in [-0.25, -0.2) is 0 Å². The molecule has 0 heterocycles. The van der Waals surface area contributed by atoms with Crippen LogP contribution in [0.5, 0.6) is 0 Å². The zero-order valence-electron chi connectivity index (χ0n) is 7.29. The molecule has 0 aliphatic carbocycles. The number of carbonyl (C=O) groups is 2. The van der Waals surface area contributed by atoms with Crippen LogP contribution in [0.25, 0.3) is 0 Å². The maximum Gasteiger partial charge on any atom is 0.248 e. The molecule has 0 spiro atoms. The Hall–Kier alpha value is -0.620. The summed E-state index contributed by atoms with van der Waals surface area (Å²) in [5.41, 5.74) is 4.78. The summed E-state index contributed by atoms with van der Waals surface area (Å²) in [6, 6.07) is 0. The first-order valence-electron chi connectivity index (χ1n) is 3.88. The molecule has 0 aromatic carbocycles. The number of rotatable bonds is 5. The number of hydrogen-bond acceptors (Lipinski definition) is 3. The van der Waals surface area contributed by atoms with Crippen molar-refractivity contribution in [3.05, 3.63) is 0 Å². The molecule has 5 nitrogen and oxygen atoms in total. The maximum absolute atomic E-state index is 11.1. The number of nitrogens with two attached hydrogens (primary N) is 1. The van der Waals surface area contributed by atoms with E-state index in [4.69, 9.17) is 10.8 Å². The van der Waals surface area contributed by atoms with E-state index in [-0.39, 0.29) is 17.3 Å². The number of primary amides is 1. The fourth-order valence-corrected chi connectivity index (χ4v) is 0.756. The Kier molecular flexibility index (Phi) is 5.65. The monoisotopic (exact) mass is 252 g/mol. The molecular formula is C7H13BrN2O3. The normalized spacial score (nSPS) is 14.7. The van der Waals surface area contributed by atoms with Crippen LogP contribution >= 0.6 is 15.9 Å². The fraction of sp³-hybridized carbons (Fsp3) is 0.714. The largest absolute Gasteiger partial charge is 0.381 e. The van der Waals surface area contributed by atoms with Gasteiger partial charge in [0.05, 0.1) is 11.4 Å². The van der Waals surface area contributed by atoms with Crippen LogP contribution in [-0.2, 0) is 9.59 Å². The summed E-state index contributed by atoms with van der Waals surface area (Å²) in [6.07, 6.45) is -0.682. The van der Waals surface area contributed by atoms with Gasteiger partial charge in [0.1, 0.15) is 6.10 Å². The molecule has 0 bridgehead atoms. The third-order valence-electron chi connectivity index (χ3n) is 1.44. The zero-order valence-corrected chi connectivity index (χ0v) is 8.87. The summed E-state index contributed by atoms with van der Waals surface area (Å²) in [7, 11) is 0. The topological polar surface area (TPSA) is 92.4 Å². The molecule has 0 saturated carbocycles. The van der Waals surface area contributed by atoms with Crippen molar-refractivity contribution in [1.82, 2.24) is 5.32 Å². The van der Waals surface area contributed by atoms with Gasteiger partial charge in [0.2, 0.25) is 11.8 Å². The highest BCUT2D eigenvalue weighted by Crippen LogP contribution is 2.03. The number of amides is 2. The molecule has 2 atom stereocenters. The maximum atomic E-state index is 11.1. The predicted octanol–water partition coefficient (Wildman–Crippen LogP) is -0.878. The molecule has 0 aliphatic rings. The van der Waals surface area contributed by atoms with Gasteiger partial charge in [-0.05, 0) is 6.42 Å². The number of hydrogen-bond donors (Lipinski definition) is 3. The van der Waals surface area contributed by atoms with Crippen LogP contribution in [0.2, 0.25) is 0 Å². The number of nitrogens with one attached hydrogen (secondary N) is 1. The van der Waals surface area contributed by atoms with Crippen molar-refractivity contribution in [2.24, 2.45) is 5.73 Å². The Labute approximate surface area is 84.8 Å². The van der Waals surface area contributed by atoms with Crippen LogP contribution in [0.4, 0.5) is 0 Å². The zero-order chi connectivity index (χ0) is 10.4. The molecule has 2 amide bonds. The van der Waals surface area contributed by atoms with Crippen molar-refractivity contribution < 1.29 is 14.7 Å². The third kappa shape index (κ3) is 4.84. The first-order valence-corrected chi connectivity index (χ1v) is 4.79. The van der Waals surface area contributed by atoms with E-state index < -0.39 is 12.0 Å². The van der Waals surface area contributed by atoms with Crippen LogP contribution < -0.4 is 11.1 Å². The SMILES string of the molecule is CCC(Br)C(=O)NCC(O)C(N)=O. The molecule has 0 radical (unpaired) electrons. The number of aliphatic hydroxyl groups excluding tert-OH is 1. The molecule has 76 valence electrons. The molecule has 0 saturated heterocycles. The number of halogens is 1. The summed E-state index contributed by atoms with van der Waals surface area (Å²) in [5, 5.41) is 11.3. The molecule has 2 unspecified atom stereocenters. The molecule has 0 aromatic rings. The van der Waals surface area contributed by atoms with E-state index in [1.165, 1.54) is 0 Å². The highest BCUT2D eigenvalue weighted by Gasteiger charge is 2.15. The van der Waals surface area contributed by atoms with Crippen molar-refractivity contribution in [1.29, 1.82) is 0 Å². The Bertz CT molecular complexity index is 198. The first kappa shape index (κ1) is 12.4. The van der Waals surface area contributed by atoms with E-state index in [0.29, 0.717) is 6.42 Å². The predicted molar refractivity (Wildman–Crippen MR) is 51.2 cm³/mol. The lowest BCUT2D eigenvalue weighted by atomic mass is 10.3. The summed E-state index contributed by atoms with van der Waals surface area (Å²) in [4.78, 5) is 21.1. The van der Waals surface area contributed by atoms with E-state index in [9.17, 15) is 9.59 Å². The van der Waals surface area contributed by atoms with Gasteiger partial charge >= 0.3 is 0 Å². The Morgan fingerprint density at radius 3 is 2.54 bits per heavy atom. The van der Waals surface area contributed by atoms with Gasteiger partial charge in [-0.2, -0.15) is 0 Å². The first-order chi connectivity index (χ1) is 5.99. The second-order valence-electron chi connectivity index (χ2n) is 2.54. The van der Waals surface area contributed by atoms with Crippen molar-refractivity contribution in [2.45, 2.75) is 24.3 Å². The standard InChI is InChI=1S/C7H13BrN2O3/c1-2-4(8)7(13)10-3-5(11)6(9)12/h4-5,11H,2-3H2,1H3,(H2,9,12)(H,10,13). The van der Waals surface area contributed by atoms with Gasteiger partial charge in [-0.1, -0.05) is 22.9 Å². The Morgan fingerprint density at radius 1 is 1.62 bits per heavy atom. The molecule has 4 N–H and O–H groups in total. The van der Waals surface area contributed by atoms with Gasteiger partial charge < -0.3 is 16.2 Å². The van der Waals surface area contributed by atoms with E-state index in [0.717, 1.165) is 0 Å². The van der Waals surface area contributed by atoms with Gasteiger partial charge in [-0.15, -0.1) is 0 Å².